The predicted molar refractivity (Wildman–Crippen MR) is 216 cm³/mol. The molecule has 0 saturated carbocycles. The number of anilines is 1. The zero-order chi connectivity index (χ0) is 40.0. The van der Waals surface area contributed by atoms with Crippen molar-refractivity contribution in [3.63, 3.8) is 0 Å². The minimum atomic E-state index is -4.10. The highest BCUT2D eigenvalue weighted by atomic mass is 31.2. The maximum Gasteiger partial charge on any atom is 0.409 e. The number of piperazine rings is 1. The fourth-order valence-corrected chi connectivity index (χ4v) is 8.23. The molecule has 57 heavy (non-hydrogen) atoms. The summed E-state index contributed by atoms with van der Waals surface area (Å²) in [6.07, 6.45) is 1.58. The van der Waals surface area contributed by atoms with Gasteiger partial charge in [-0.3, -0.25) is 14.2 Å². The van der Waals surface area contributed by atoms with Gasteiger partial charge in [0.15, 0.2) is 5.82 Å². The molecular formula is C42H51N6O8P. The van der Waals surface area contributed by atoms with E-state index in [1.54, 1.807) is 23.0 Å². The van der Waals surface area contributed by atoms with Crippen molar-refractivity contribution in [2.45, 2.75) is 51.5 Å². The molecule has 6 rings (SSSR count). The lowest BCUT2D eigenvalue weighted by Crippen LogP contribution is -2.57. The Morgan fingerprint density at radius 2 is 1.42 bits per heavy atom. The number of unbranched alkanes of at least 4 members (excludes halogenated alkanes) is 1. The number of hydrogen-bond donors (Lipinski definition) is 1. The monoisotopic (exact) mass is 798 g/mol. The van der Waals surface area contributed by atoms with Crippen LogP contribution in [0.3, 0.4) is 0 Å². The molecule has 1 aromatic heterocycles. The summed E-state index contributed by atoms with van der Waals surface area (Å²) >= 11 is 0. The van der Waals surface area contributed by atoms with Crippen LogP contribution in [0.1, 0.15) is 47.8 Å². The highest BCUT2D eigenvalue weighted by molar-refractivity contribution is 7.53. The largest absolute Gasteiger partial charge is 0.449 e. The smallest absolute Gasteiger partial charge is 0.409 e. The first-order valence-electron chi connectivity index (χ1n) is 19.4. The lowest BCUT2D eigenvalue weighted by Gasteiger charge is -2.36. The number of hydrogen-bond acceptors (Lipinski definition) is 11. The highest BCUT2D eigenvalue weighted by Gasteiger charge is 2.38. The Kier molecular flexibility index (Phi) is 14.8. The Hall–Kier alpha value is -5.14. The molecule has 0 spiro atoms. The van der Waals surface area contributed by atoms with Gasteiger partial charge in [0.25, 0.3) is 5.91 Å². The first-order valence-corrected chi connectivity index (χ1v) is 21.2. The molecule has 3 heterocycles. The number of ether oxygens (including phenoxy) is 2. The molecule has 0 radical (unpaired) electrons. The number of nitrogens with zero attached hydrogens (tertiary/aromatic N) is 5. The molecule has 3 amide bonds. The minimum Gasteiger partial charge on any atom is -0.449 e. The number of benzene rings is 3. The van der Waals surface area contributed by atoms with Crippen molar-refractivity contribution in [1.29, 1.82) is 0 Å². The number of nitrogens with one attached hydrogen (secondary N) is 1. The summed E-state index contributed by atoms with van der Waals surface area (Å²) < 4.78 is 37.9. The second-order valence-corrected chi connectivity index (χ2v) is 16.1. The van der Waals surface area contributed by atoms with E-state index in [9.17, 15) is 18.9 Å². The Bertz CT molecular complexity index is 1920. The molecule has 0 aliphatic carbocycles. The van der Waals surface area contributed by atoms with Crippen LogP contribution in [-0.4, -0.2) is 109 Å². The molecule has 2 aliphatic heterocycles. The van der Waals surface area contributed by atoms with Gasteiger partial charge in [0, 0.05) is 58.0 Å². The van der Waals surface area contributed by atoms with E-state index in [4.69, 9.17) is 23.5 Å². The highest BCUT2D eigenvalue weighted by Crippen LogP contribution is 2.50. The van der Waals surface area contributed by atoms with Gasteiger partial charge in [0.1, 0.15) is 17.6 Å². The molecule has 15 heteroatoms. The summed E-state index contributed by atoms with van der Waals surface area (Å²) in [5.74, 6) is -0.268. The van der Waals surface area contributed by atoms with Gasteiger partial charge in [0.05, 0.1) is 32.1 Å². The molecule has 0 unspecified atom stereocenters. The molecule has 14 nitrogen and oxygen atoms in total. The maximum atomic E-state index is 14.8. The van der Waals surface area contributed by atoms with Crippen LogP contribution in [0.2, 0.25) is 0 Å². The molecule has 2 saturated heterocycles. The third-order valence-electron chi connectivity index (χ3n) is 9.90. The molecule has 3 aromatic carbocycles. The molecule has 1 N–H and O–H groups in total. The lowest BCUT2D eigenvalue weighted by atomic mass is 10.2. The van der Waals surface area contributed by atoms with E-state index in [1.165, 1.54) is 0 Å². The summed E-state index contributed by atoms with van der Waals surface area (Å²) in [6.45, 7) is 4.33. The number of methoxy groups -OCH3 is 1. The van der Waals surface area contributed by atoms with E-state index in [2.05, 4.69) is 10.3 Å². The second-order valence-electron chi connectivity index (χ2n) is 14.0. The second kappa shape index (κ2) is 20.3. The normalized spacial score (nSPS) is 16.3. The van der Waals surface area contributed by atoms with Gasteiger partial charge in [-0.15, -0.1) is 0 Å². The van der Waals surface area contributed by atoms with Gasteiger partial charge in [-0.25, -0.2) is 14.8 Å². The van der Waals surface area contributed by atoms with Crippen LogP contribution < -0.4 is 10.2 Å². The van der Waals surface area contributed by atoms with Crippen LogP contribution in [0.5, 0.6) is 0 Å². The summed E-state index contributed by atoms with van der Waals surface area (Å²) in [5.41, 5.74) is 2.26. The quantitative estimate of drug-likeness (QED) is 0.0964. The zero-order valence-electron chi connectivity index (χ0n) is 32.5. The van der Waals surface area contributed by atoms with Gasteiger partial charge in [-0.05, 0) is 24.0 Å². The molecule has 302 valence electrons. The Labute approximate surface area is 334 Å². The number of aromatic nitrogens is 2. The predicted octanol–water partition coefficient (Wildman–Crippen LogP) is 6.17. The Morgan fingerprint density at radius 1 is 0.825 bits per heavy atom. The van der Waals surface area contributed by atoms with E-state index in [0.29, 0.717) is 36.9 Å². The third-order valence-corrected chi connectivity index (χ3v) is 11.8. The third kappa shape index (κ3) is 11.7. The fourth-order valence-electron chi connectivity index (χ4n) is 6.56. The van der Waals surface area contributed by atoms with Crippen molar-refractivity contribution in [1.82, 2.24) is 25.1 Å². The number of carbonyl (C=O) groups excluding carboxylic acids is 3. The van der Waals surface area contributed by atoms with E-state index < -0.39 is 37.7 Å². The number of amides is 3. The molecule has 4 aromatic rings. The molecule has 2 aliphatic rings. The fraction of sp³-hybridized carbons (Fsp3) is 0.405. The van der Waals surface area contributed by atoms with Crippen LogP contribution in [0, 0.1) is 0 Å². The lowest BCUT2D eigenvalue weighted by molar-refractivity contribution is -0.134. The summed E-state index contributed by atoms with van der Waals surface area (Å²) in [4.78, 5) is 56.2. The number of carbonyl (C=O) groups is 3. The van der Waals surface area contributed by atoms with E-state index in [1.807, 2.05) is 103 Å². The molecule has 2 fully saturated rings. The van der Waals surface area contributed by atoms with Crippen molar-refractivity contribution in [2.24, 2.45) is 0 Å². The van der Waals surface area contributed by atoms with Crippen molar-refractivity contribution in [3.8, 4) is 11.4 Å². The SMILES string of the molecule is CCCCOC(=O)N1CCN(C(=O)[C@H](CP(=O)(OCc2ccccc2)OCc2ccccc2)NC(=O)c2cc(N3CC[C@H](OC)C3)nc(-c3ccccc3)n2)CC1. The van der Waals surface area contributed by atoms with Crippen LogP contribution >= 0.6 is 7.60 Å². The Balaban J connectivity index is 1.29. The van der Waals surface area contributed by atoms with E-state index in [-0.39, 0.29) is 51.2 Å². The van der Waals surface area contributed by atoms with Crippen LogP contribution in [0.15, 0.2) is 97.1 Å². The van der Waals surface area contributed by atoms with Crippen LogP contribution in [-0.2, 0) is 41.1 Å². The maximum absolute atomic E-state index is 14.8. The molecular weight excluding hydrogens is 747 g/mol. The average molecular weight is 799 g/mol. The topological polar surface area (TPSA) is 153 Å². The van der Waals surface area contributed by atoms with Crippen molar-refractivity contribution >= 4 is 31.3 Å². The van der Waals surface area contributed by atoms with Gasteiger partial charge in [0.2, 0.25) is 5.91 Å². The standard InChI is InChI=1S/C42H51N6O8P/c1-3-4-26-54-42(51)47-24-22-46(23-25-47)41(50)37(31-57(52,55-29-32-14-8-5-9-15-32)56-30-33-16-10-6-11-17-33)44-40(49)36-27-38(48-21-20-35(28-48)53-2)45-39(43-36)34-18-12-7-13-19-34/h5-19,27,35,37H,3-4,20-26,28-31H2,1-2H3,(H,44,49)/t35-,37-/m0/s1. The van der Waals surface area contributed by atoms with Gasteiger partial charge >= 0.3 is 13.7 Å². The minimum absolute atomic E-state index is 0.0130. The van der Waals surface area contributed by atoms with E-state index >= 15 is 0 Å². The molecule has 2 atom stereocenters. The van der Waals surface area contributed by atoms with Crippen molar-refractivity contribution in [3.05, 3.63) is 114 Å². The van der Waals surface area contributed by atoms with E-state index in [0.717, 1.165) is 30.4 Å². The number of rotatable bonds is 17. The van der Waals surface area contributed by atoms with Crippen molar-refractivity contribution in [2.75, 3.05) is 64.0 Å². The zero-order valence-corrected chi connectivity index (χ0v) is 33.4. The summed E-state index contributed by atoms with van der Waals surface area (Å²) in [7, 11) is -2.43. The first kappa shape index (κ1) is 41.5. The molecule has 0 bridgehead atoms. The average Bonchev–Trinajstić information content (AvgIpc) is 3.75. The van der Waals surface area contributed by atoms with Crippen LogP contribution in [0.4, 0.5) is 10.6 Å². The van der Waals surface area contributed by atoms with Crippen molar-refractivity contribution < 1.29 is 37.5 Å². The summed E-state index contributed by atoms with van der Waals surface area (Å²) in [5, 5.41) is 2.87. The Morgan fingerprint density at radius 3 is 2.00 bits per heavy atom. The van der Waals surface area contributed by atoms with Crippen LogP contribution in [0.25, 0.3) is 11.4 Å². The first-order chi connectivity index (χ1) is 27.7. The van der Waals surface area contributed by atoms with Gasteiger partial charge in [-0.2, -0.15) is 0 Å². The van der Waals surface area contributed by atoms with Gasteiger partial charge < -0.3 is 38.5 Å². The van der Waals surface area contributed by atoms with Gasteiger partial charge in [-0.1, -0.05) is 104 Å². The summed E-state index contributed by atoms with van der Waals surface area (Å²) in [6, 6.07) is 28.0.